The first-order valence-corrected chi connectivity index (χ1v) is 11.4. The Bertz CT molecular complexity index is 294. The average molecular weight is 316 g/mol. The van der Waals surface area contributed by atoms with Gasteiger partial charge in [-0.25, -0.2) is 0 Å². The van der Waals surface area contributed by atoms with Crippen LogP contribution in [-0.4, -0.2) is 14.8 Å². The van der Waals surface area contributed by atoms with Crippen molar-refractivity contribution < 1.29 is 0 Å². The Kier molecular flexibility index (Phi) is 5.50. The summed E-state index contributed by atoms with van der Waals surface area (Å²) in [7, 11) is -3.09. The van der Waals surface area contributed by atoms with Gasteiger partial charge in [-0.2, -0.15) is 0 Å². The van der Waals surface area contributed by atoms with Crippen LogP contribution >= 0.6 is 44.3 Å². The molecule has 0 amide bonds. The fourth-order valence-electron chi connectivity index (χ4n) is 1.21. The maximum Gasteiger partial charge on any atom is 0.279 e. The Hall–Kier alpha value is 0.814. The van der Waals surface area contributed by atoms with Crippen molar-refractivity contribution in [1.82, 2.24) is 0 Å². The van der Waals surface area contributed by atoms with Gasteiger partial charge >= 0.3 is 0 Å². The van der Waals surface area contributed by atoms with E-state index in [1.165, 1.54) is 5.56 Å². The molecule has 15 heavy (non-hydrogen) atoms. The highest BCUT2D eigenvalue weighted by atomic mass is 35.7. The first kappa shape index (κ1) is 13.9. The molecule has 0 atom stereocenters. The Labute approximate surface area is 113 Å². The van der Waals surface area contributed by atoms with E-state index in [0.717, 1.165) is 6.42 Å². The van der Waals surface area contributed by atoms with Crippen molar-refractivity contribution in [3.63, 3.8) is 0 Å². The molecule has 0 saturated carbocycles. The van der Waals surface area contributed by atoms with Gasteiger partial charge in [-0.1, -0.05) is 37.3 Å². The quantitative estimate of drug-likeness (QED) is 0.568. The van der Waals surface area contributed by atoms with E-state index in [1.54, 1.807) is 0 Å². The van der Waals surface area contributed by atoms with Crippen LogP contribution in [0.3, 0.4) is 0 Å². The SMILES string of the molecule is CC(Cc1ccccc1)([Si](Cl)Cl)[Si](Cl)Cl. The van der Waals surface area contributed by atoms with Crippen LogP contribution < -0.4 is 0 Å². The van der Waals surface area contributed by atoms with Crippen LogP contribution in [0, 0.1) is 0 Å². The van der Waals surface area contributed by atoms with Crippen LogP contribution in [0.25, 0.3) is 0 Å². The van der Waals surface area contributed by atoms with E-state index in [4.69, 9.17) is 44.3 Å². The Morgan fingerprint density at radius 2 is 1.47 bits per heavy atom. The molecular weight excluding hydrogens is 306 g/mol. The lowest BCUT2D eigenvalue weighted by atomic mass is 10.1. The summed E-state index contributed by atoms with van der Waals surface area (Å²) in [6.45, 7) is 1.97. The summed E-state index contributed by atoms with van der Waals surface area (Å²) in [6, 6.07) is 10.0. The van der Waals surface area contributed by atoms with Gasteiger partial charge in [0.2, 0.25) is 0 Å². The van der Waals surface area contributed by atoms with E-state index in [-0.39, 0.29) is 4.66 Å². The minimum Gasteiger partial charge on any atom is -0.146 e. The summed E-state index contributed by atoms with van der Waals surface area (Å²) in [4.78, 5) is 0. The second kappa shape index (κ2) is 5.94. The van der Waals surface area contributed by atoms with E-state index < -0.39 is 14.8 Å². The largest absolute Gasteiger partial charge is 0.279 e. The molecule has 2 radical (unpaired) electrons. The van der Waals surface area contributed by atoms with Gasteiger partial charge in [0.05, 0.1) is 0 Å². The van der Waals surface area contributed by atoms with E-state index >= 15 is 0 Å². The molecule has 0 aliphatic carbocycles. The van der Waals surface area contributed by atoms with Crippen LogP contribution in [0.15, 0.2) is 30.3 Å². The number of hydrogen-bond acceptors (Lipinski definition) is 0. The molecule has 0 heterocycles. The van der Waals surface area contributed by atoms with Crippen molar-refractivity contribution in [1.29, 1.82) is 0 Å². The highest BCUT2D eigenvalue weighted by molar-refractivity contribution is 7.46. The van der Waals surface area contributed by atoms with E-state index in [0.29, 0.717) is 0 Å². The zero-order valence-corrected chi connectivity index (χ0v) is 13.1. The fraction of sp³-hybridized carbons (Fsp3) is 0.333. The van der Waals surface area contributed by atoms with Crippen molar-refractivity contribution in [2.75, 3.05) is 0 Å². The molecule has 0 aliphatic heterocycles. The van der Waals surface area contributed by atoms with Gasteiger partial charge in [0, 0.05) is 4.66 Å². The van der Waals surface area contributed by atoms with E-state index in [1.807, 2.05) is 37.3 Å². The lowest BCUT2D eigenvalue weighted by Gasteiger charge is -2.28. The monoisotopic (exact) mass is 314 g/mol. The standard InChI is InChI=1S/C9H10Cl4Si2/c1-9(14(10)11,15(12)13)7-8-5-3-2-4-6-8/h2-6H,7H2,1H3. The molecule has 0 nitrogen and oxygen atoms in total. The van der Waals surface area contributed by atoms with Gasteiger partial charge in [0.15, 0.2) is 0 Å². The summed E-state index contributed by atoms with van der Waals surface area (Å²) in [5.41, 5.74) is 1.17. The molecule has 0 saturated heterocycles. The van der Waals surface area contributed by atoms with Crippen LogP contribution in [0.5, 0.6) is 0 Å². The summed E-state index contributed by atoms with van der Waals surface area (Å²) >= 11 is 24.2. The number of benzene rings is 1. The molecule has 1 aromatic rings. The van der Waals surface area contributed by atoms with Gasteiger partial charge in [-0.3, -0.25) is 0 Å². The molecule has 1 rings (SSSR count). The Balaban J connectivity index is 2.85. The van der Waals surface area contributed by atoms with Gasteiger partial charge in [-0.05, 0) is 12.0 Å². The lowest BCUT2D eigenvalue weighted by molar-refractivity contribution is 0.819. The third-order valence-corrected chi connectivity index (χ3v) is 12.7. The van der Waals surface area contributed by atoms with Gasteiger partial charge in [-0.15, -0.1) is 44.3 Å². The minimum atomic E-state index is -1.54. The van der Waals surface area contributed by atoms with Crippen LogP contribution in [0.2, 0.25) is 4.66 Å². The summed E-state index contributed by atoms with van der Waals surface area (Å²) < 4.78 is -0.330. The predicted octanol–water partition coefficient (Wildman–Crippen LogP) is 4.46. The zero-order chi connectivity index (χ0) is 11.5. The molecule has 0 fully saturated rings. The third-order valence-electron chi connectivity index (χ3n) is 2.23. The molecule has 0 spiro atoms. The topological polar surface area (TPSA) is 0 Å². The molecular formula is C9H10Cl4Si2. The zero-order valence-electron chi connectivity index (χ0n) is 8.11. The molecule has 0 unspecified atom stereocenters. The van der Waals surface area contributed by atoms with Gasteiger partial charge in [0.25, 0.3) is 14.8 Å². The Morgan fingerprint density at radius 1 is 1.00 bits per heavy atom. The van der Waals surface area contributed by atoms with Crippen molar-refractivity contribution in [3.05, 3.63) is 35.9 Å². The van der Waals surface area contributed by atoms with Crippen LogP contribution in [0.4, 0.5) is 0 Å². The molecule has 82 valence electrons. The molecule has 0 aromatic heterocycles. The lowest BCUT2D eigenvalue weighted by Crippen LogP contribution is -2.33. The first-order chi connectivity index (χ1) is 6.97. The number of rotatable bonds is 4. The summed E-state index contributed by atoms with van der Waals surface area (Å²) in [6.07, 6.45) is 0.746. The molecule has 1 aromatic carbocycles. The van der Waals surface area contributed by atoms with Crippen LogP contribution in [-0.2, 0) is 6.42 Å². The van der Waals surface area contributed by atoms with E-state index in [9.17, 15) is 0 Å². The third kappa shape index (κ3) is 3.65. The minimum absolute atomic E-state index is 0.330. The second-order valence-electron chi connectivity index (χ2n) is 3.52. The van der Waals surface area contributed by atoms with Crippen molar-refractivity contribution in [2.24, 2.45) is 0 Å². The maximum atomic E-state index is 6.05. The van der Waals surface area contributed by atoms with Gasteiger partial charge < -0.3 is 0 Å². The van der Waals surface area contributed by atoms with Crippen LogP contribution in [0.1, 0.15) is 12.5 Å². The van der Waals surface area contributed by atoms with Crippen molar-refractivity contribution >= 4 is 59.1 Å². The maximum absolute atomic E-state index is 6.05. The van der Waals surface area contributed by atoms with Gasteiger partial charge in [0.1, 0.15) is 0 Å². The predicted molar refractivity (Wildman–Crippen MR) is 73.4 cm³/mol. The second-order valence-corrected chi connectivity index (χ2v) is 13.0. The fourth-order valence-corrected chi connectivity index (χ4v) is 8.40. The molecule has 0 N–H and O–H groups in total. The number of hydrogen-bond donors (Lipinski definition) is 0. The van der Waals surface area contributed by atoms with Crippen molar-refractivity contribution in [2.45, 2.75) is 18.0 Å². The molecule has 0 aliphatic rings. The smallest absolute Gasteiger partial charge is 0.146 e. The highest BCUT2D eigenvalue weighted by Crippen LogP contribution is 2.43. The van der Waals surface area contributed by atoms with Crippen molar-refractivity contribution in [3.8, 4) is 0 Å². The summed E-state index contributed by atoms with van der Waals surface area (Å²) in [5.74, 6) is 0. The average Bonchev–Trinajstić information content (AvgIpc) is 2.18. The molecule has 6 heteroatoms. The number of halogens is 4. The molecule has 0 bridgehead atoms. The normalized spacial score (nSPS) is 12.5. The Morgan fingerprint density at radius 3 is 1.87 bits per heavy atom. The van der Waals surface area contributed by atoms with E-state index in [2.05, 4.69) is 0 Å². The highest BCUT2D eigenvalue weighted by Gasteiger charge is 2.42. The first-order valence-electron chi connectivity index (χ1n) is 4.37. The summed E-state index contributed by atoms with van der Waals surface area (Å²) in [5, 5.41) is 0.